The van der Waals surface area contributed by atoms with E-state index in [-0.39, 0.29) is 23.3 Å². The summed E-state index contributed by atoms with van der Waals surface area (Å²) < 4.78 is 0. The van der Waals surface area contributed by atoms with E-state index < -0.39 is 6.04 Å². The van der Waals surface area contributed by atoms with Crippen molar-refractivity contribution in [2.24, 2.45) is 0 Å². The molecular weight excluding hydrogens is 294 g/mol. The molecule has 0 unspecified atom stereocenters. The molecule has 1 aromatic carbocycles. The maximum atomic E-state index is 12.1. The van der Waals surface area contributed by atoms with Gasteiger partial charge in [-0.2, -0.15) is 0 Å². The smallest absolute Gasteiger partial charge is 0.251 e. The number of nitrogens with zero attached hydrogens (tertiary/aromatic N) is 1. The Labute approximate surface area is 137 Å². The van der Waals surface area contributed by atoms with Crippen LogP contribution in [0.15, 0.2) is 24.3 Å². The fourth-order valence-electron chi connectivity index (χ4n) is 1.91. The molecule has 23 heavy (non-hydrogen) atoms. The molecule has 0 saturated heterocycles. The zero-order valence-corrected chi connectivity index (χ0v) is 14.6. The molecule has 0 aliphatic carbocycles. The van der Waals surface area contributed by atoms with Crippen molar-refractivity contribution >= 4 is 17.7 Å². The summed E-state index contributed by atoms with van der Waals surface area (Å²) in [4.78, 5) is 37.3. The number of amides is 3. The molecule has 6 nitrogen and oxygen atoms in total. The van der Waals surface area contributed by atoms with E-state index in [4.69, 9.17) is 0 Å². The van der Waals surface area contributed by atoms with Gasteiger partial charge in [0, 0.05) is 30.8 Å². The number of likely N-dealkylation sites (N-methyl/N-ethyl adjacent to an activating group) is 1. The molecule has 2 N–H and O–H groups in total. The summed E-state index contributed by atoms with van der Waals surface area (Å²) in [5, 5.41) is 5.49. The molecule has 0 radical (unpaired) electrons. The standard InChI is InChI=1S/C17H25N3O3/c1-11(16(23)20(5)6)18-14(21)12-7-9-13(10-8-12)15(22)19-17(2,3)4/h7-11H,1-6H3,(H,18,21)(H,19,22)/t11-/m1/s1. The van der Waals surface area contributed by atoms with E-state index in [0.29, 0.717) is 11.1 Å². The zero-order valence-electron chi connectivity index (χ0n) is 14.6. The Hall–Kier alpha value is -2.37. The molecule has 6 heteroatoms. The summed E-state index contributed by atoms with van der Waals surface area (Å²) in [7, 11) is 3.27. The monoisotopic (exact) mass is 319 g/mol. The van der Waals surface area contributed by atoms with Gasteiger partial charge < -0.3 is 15.5 Å². The highest BCUT2D eigenvalue weighted by atomic mass is 16.2. The van der Waals surface area contributed by atoms with Crippen LogP contribution in [0.25, 0.3) is 0 Å². The van der Waals surface area contributed by atoms with Crippen LogP contribution >= 0.6 is 0 Å². The normalized spacial score (nSPS) is 12.3. The van der Waals surface area contributed by atoms with Crippen LogP contribution in [0.2, 0.25) is 0 Å². The first-order valence-electron chi connectivity index (χ1n) is 7.46. The number of rotatable bonds is 4. The number of nitrogens with one attached hydrogen (secondary N) is 2. The summed E-state index contributed by atoms with van der Waals surface area (Å²) in [6.45, 7) is 7.33. The van der Waals surface area contributed by atoms with Crippen molar-refractivity contribution in [3.05, 3.63) is 35.4 Å². The van der Waals surface area contributed by atoms with Gasteiger partial charge in [0.05, 0.1) is 0 Å². The number of carbonyl (C=O) groups excluding carboxylic acids is 3. The van der Waals surface area contributed by atoms with Gasteiger partial charge in [0.15, 0.2) is 0 Å². The third kappa shape index (κ3) is 5.73. The Morgan fingerprint density at radius 2 is 1.39 bits per heavy atom. The highest BCUT2D eigenvalue weighted by Crippen LogP contribution is 2.08. The van der Waals surface area contributed by atoms with Gasteiger partial charge in [-0.05, 0) is 52.0 Å². The molecule has 0 aliphatic heterocycles. The number of hydrogen-bond acceptors (Lipinski definition) is 3. The van der Waals surface area contributed by atoms with Gasteiger partial charge in [0.2, 0.25) is 5.91 Å². The summed E-state index contributed by atoms with van der Waals surface area (Å²) in [5.41, 5.74) is 0.555. The van der Waals surface area contributed by atoms with E-state index in [1.54, 1.807) is 45.3 Å². The molecule has 0 aromatic heterocycles. The first-order chi connectivity index (χ1) is 10.5. The van der Waals surface area contributed by atoms with Gasteiger partial charge in [0.1, 0.15) is 6.04 Å². The Kier molecular flexibility index (Phi) is 5.90. The van der Waals surface area contributed by atoms with Crippen molar-refractivity contribution in [2.45, 2.75) is 39.3 Å². The van der Waals surface area contributed by atoms with Crippen LogP contribution < -0.4 is 10.6 Å². The molecule has 126 valence electrons. The van der Waals surface area contributed by atoms with Crippen molar-refractivity contribution in [3.63, 3.8) is 0 Å². The topological polar surface area (TPSA) is 78.5 Å². The minimum absolute atomic E-state index is 0.181. The first-order valence-corrected chi connectivity index (χ1v) is 7.46. The highest BCUT2D eigenvalue weighted by Gasteiger charge is 2.19. The van der Waals surface area contributed by atoms with Gasteiger partial charge in [-0.1, -0.05) is 0 Å². The summed E-state index contributed by atoms with van der Waals surface area (Å²) >= 11 is 0. The molecule has 0 spiro atoms. The highest BCUT2D eigenvalue weighted by molar-refractivity contribution is 5.99. The van der Waals surface area contributed by atoms with Crippen LogP contribution in [0.3, 0.4) is 0 Å². The van der Waals surface area contributed by atoms with Gasteiger partial charge in [0.25, 0.3) is 11.8 Å². The second-order valence-electron chi connectivity index (χ2n) is 6.71. The number of benzene rings is 1. The van der Waals surface area contributed by atoms with Crippen LogP contribution in [0.4, 0.5) is 0 Å². The molecular formula is C17H25N3O3. The van der Waals surface area contributed by atoms with Crippen molar-refractivity contribution in [1.82, 2.24) is 15.5 Å². The predicted molar refractivity (Wildman–Crippen MR) is 89.3 cm³/mol. The third-order valence-corrected chi connectivity index (χ3v) is 3.06. The summed E-state index contributed by atoms with van der Waals surface area (Å²) in [5.74, 6) is -0.726. The van der Waals surface area contributed by atoms with E-state index in [1.165, 1.54) is 4.90 Å². The average Bonchev–Trinajstić information content (AvgIpc) is 2.44. The minimum atomic E-state index is -0.610. The van der Waals surface area contributed by atoms with Gasteiger partial charge in [-0.15, -0.1) is 0 Å². The van der Waals surface area contributed by atoms with Crippen LogP contribution in [-0.2, 0) is 4.79 Å². The van der Waals surface area contributed by atoms with Crippen LogP contribution in [0.5, 0.6) is 0 Å². The summed E-state index contributed by atoms with van der Waals surface area (Å²) in [6.07, 6.45) is 0. The lowest BCUT2D eigenvalue weighted by molar-refractivity contribution is -0.130. The Bertz CT molecular complexity index is 586. The molecule has 3 amide bonds. The lowest BCUT2D eigenvalue weighted by Gasteiger charge is -2.20. The van der Waals surface area contributed by atoms with Crippen LogP contribution in [0, 0.1) is 0 Å². The fourth-order valence-corrected chi connectivity index (χ4v) is 1.91. The molecule has 0 fully saturated rings. The third-order valence-electron chi connectivity index (χ3n) is 3.06. The Balaban J connectivity index is 2.75. The predicted octanol–water partition coefficient (Wildman–Crippen LogP) is 1.42. The quantitative estimate of drug-likeness (QED) is 0.881. The average molecular weight is 319 g/mol. The van der Waals surface area contributed by atoms with Gasteiger partial charge in [-0.25, -0.2) is 0 Å². The van der Waals surface area contributed by atoms with Crippen molar-refractivity contribution < 1.29 is 14.4 Å². The summed E-state index contributed by atoms with van der Waals surface area (Å²) in [6, 6.07) is 5.71. The minimum Gasteiger partial charge on any atom is -0.347 e. The van der Waals surface area contributed by atoms with E-state index in [0.717, 1.165) is 0 Å². The van der Waals surface area contributed by atoms with Gasteiger partial charge in [-0.3, -0.25) is 14.4 Å². The van der Waals surface area contributed by atoms with E-state index in [1.807, 2.05) is 20.8 Å². The lowest BCUT2D eigenvalue weighted by Crippen LogP contribution is -2.44. The molecule has 1 atom stereocenters. The van der Waals surface area contributed by atoms with Gasteiger partial charge >= 0.3 is 0 Å². The SMILES string of the molecule is C[C@@H](NC(=O)c1ccc(C(=O)NC(C)(C)C)cc1)C(=O)N(C)C. The zero-order chi connectivity index (χ0) is 17.8. The number of hydrogen-bond donors (Lipinski definition) is 2. The second kappa shape index (κ2) is 7.26. The van der Waals surface area contributed by atoms with Crippen molar-refractivity contribution in [2.75, 3.05) is 14.1 Å². The van der Waals surface area contributed by atoms with Crippen LogP contribution in [-0.4, -0.2) is 48.3 Å². The maximum Gasteiger partial charge on any atom is 0.251 e. The molecule has 0 saturated carbocycles. The Morgan fingerprint density at radius 1 is 0.957 bits per heavy atom. The largest absolute Gasteiger partial charge is 0.347 e. The van der Waals surface area contributed by atoms with E-state index in [2.05, 4.69) is 10.6 Å². The molecule has 1 aromatic rings. The molecule has 0 bridgehead atoms. The molecule has 0 heterocycles. The second-order valence-corrected chi connectivity index (χ2v) is 6.71. The van der Waals surface area contributed by atoms with Crippen LogP contribution in [0.1, 0.15) is 48.4 Å². The van der Waals surface area contributed by atoms with E-state index >= 15 is 0 Å². The molecule has 1 rings (SSSR count). The van der Waals surface area contributed by atoms with Crippen molar-refractivity contribution in [3.8, 4) is 0 Å². The maximum absolute atomic E-state index is 12.1. The lowest BCUT2D eigenvalue weighted by atomic mass is 10.1. The molecule has 0 aliphatic rings. The Morgan fingerprint density at radius 3 is 1.78 bits per heavy atom. The van der Waals surface area contributed by atoms with Crippen molar-refractivity contribution in [1.29, 1.82) is 0 Å². The van der Waals surface area contributed by atoms with E-state index in [9.17, 15) is 14.4 Å². The first kappa shape index (κ1) is 18.7. The fraction of sp³-hybridized carbons (Fsp3) is 0.471. The number of carbonyl (C=O) groups is 3.